The van der Waals surface area contributed by atoms with Gasteiger partial charge >= 0.3 is 6.03 Å². The Morgan fingerprint density at radius 2 is 1.67 bits per heavy atom. The largest absolute Gasteiger partial charge is 0.353 e. The zero-order chi connectivity index (χ0) is 27.0. The van der Waals surface area contributed by atoms with E-state index < -0.39 is 5.54 Å². The number of amidine groups is 1. The molecule has 0 spiro atoms. The molecule has 39 heavy (non-hydrogen) atoms. The minimum Gasteiger partial charge on any atom is -0.353 e. The zero-order valence-corrected chi connectivity index (χ0v) is 23.3. The summed E-state index contributed by atoms with van der Waals surface area (Å²) in [5.74, 6) is 0.877. The number of rotatable bonds is 6. The van der Waals surface area contributed by atoms with Crippen molar-refractivity contribution < 1.29 is 9.59 Å². The van der Waals surface area contributed by atoms with Gasteiger partial charge in [-0.2, -0.15) is 0 Å². The van der Waals surface area contributed by atoms with Gasteiger partial charge in [-0.25, -0.2) is 9.79 Å². The molecule has 2 aromatic carbocycles. The van der Waals surface area contributed by atoms with E-state index in [1.165, 1.54) is 15.3 Å². The van der Waals surface area contributed by atoms with Crippen LogP contribution in [0.15, 0.2) is 65.7 Å². The number of para-hydroxylation sites is 2. The summed E-state index contributed by atoms with van der Waals surface area (Å²) in [4.78, 5) is 38.4. The first-order chi connectivity index (χ1) is 18.9. The number of carbonyl (C=O) groups is 2. The van der Waals surface area contributed by atoms with Gasteiger partial charge in [0.05, 0.1) is 16.9 Å². The SMILES string of the molecule is Cc1cc2c(s1)Nc1ccccc1N=C2N1CCN(CCCCN2C(=O)NC(C)(c3ccccc3)C2=O)CC1. The molecule has 4 heterocycles. The van der Waals surface area contributed by atoms with E-state index in [9.17, 15) is 9.59 Å². The summed E-state index contributed by atoms with van der Waals surface area (Å²) in [6.07, 6.45) is 1.72. The normalized spacial score (nSPS) is 21.1. The number of aliphatic imine (C=N–C) groups is 1. The first-order valence-corrected chi connectivity index (χ1v) is 14.5. The molecule has 0 radical (unpaired) electrons. The van der Waals surface area contributed by atoms with E-state index in [1.54, 1.807) is 18.3 Å². The molecule has 2 N–H and O–H groups in total. The van der Waals surface area contributed by atoms with Crippen molar-refractivity contribution in [2.45, 2.75) is 32.2 Å². The topological polar surface area (TPSA) is 80.3 Å². The Hall–Kier alpha value is -3.69. The summed E-state index contributed by atoms with van der Waals surface area (Å²) >= 11 is 1.77. The number of benzene rings is 2. The molecule has 9 heteroatoms. The third kappa shape index (κ3) is 4.92. The highest BCUT2D eigenvalue weighted by atomic mass is 32.1. The van der Waals surface area contributed by atoms with Crippen LogP contribution in [0.2, 0.25) is 0 Å². The quantitative estimate of drug-likeness (QED) is 0.336. The Balaban J connectivity index is 1.03. The number of amides is 3. The number of anilines is 2. The van der Waals surface area contributed by atoms with Crippen molar-refractivity contribution in [3.63, 3.8) is 0 Å². The maximum absolute atomic E-state index is 13.1. The lowest BCUT2D eigenvalue weighted by atomic mass is 9.92. The smallest absolute Gasteiger partial charge is 0.325 e. The van der Waals surface area contributed by atoms with Gasteiger partial charge in [0.2, 0.25) is 0 Å². The van der Waals surface area contributed by atoms with Crippen LogP contribution >= 0.6 is 11.3 Å². The highest BCUT2D eigenvalue weighted by molar-refractivity contribution is 7.16. The molecule has 1 atom stereocenters. The lowest BCUT2D eigenvalue weighted by molar-refractivity contribution is -0.131. The number of unbranched alkanes of at least 4 members (excludes halogenated alkanes) is 1. The molecule has 8 nitrogen and oxygen atoms in total. The lowest BCUT2D eigenvalue weighted by Crippen LogP contribution is -2.49. The monoisotopic (exact) mass is 542 g/mol. The van der Waals surface area contributed by atoms with Crippen molar-refractivity contribution in [3.05, 3.63) is 76.7 Å². The molecule has 2 saturated heterocycles. The van der Waals surface area contributed by atoms with E-state index in [2.05, 4.69) is 45.6 Å². The second-order valence-electron chi connectivity index (χ2n) is 10.6. The predicted octanol–water partition coefficient (Wildman–Crippen LogP) is 5.06. The van der Waals surface area contributed by atoms with E-state index in [0.717, 1.165) is 73.3 Å². The molecule has 3 amide bonds. The van der Waals surface area contributed by atoms with Crippen LogP contribution < -0.4 is 10.6 Å². The number of imide groups is 1. The fourth-order valence-corrected chi connectivity index (χ4v) is 6.56. The van der Waals surface area contributed by atoms with Crippen LogP contribution in [0.25, 0.3) is 0 Å². The van der Waals surface area contributed by atoms with Crippen molar-refractivity contribution in [2.75, 3.05) is 44.6 Å². The summed E-state index contributed by atoms with van der Waals surface area (Å²) < 4.78 is 0. The molecule has 202 valence electrons. The molecule has 2 fully saturated rings. The molecule has 0 bridgehead atoms. The number of nitrogens with zero attached hydrogens (tertiary/aromatic N) is 4. The van der Waals surface area contributed by atoms with Crippen LogP contribution in [-0.2, 0) is 10.3 Å². The van der Waals surface area contributed by atoms with Crippen molar-refractivity contribution in [1.29, 1.82) is 0 Å². The number of urea groups is 1. The maximum atomic E-state index is 13.1. The van der Waals surface area contributed by atoms with Crippen LogP contribution in [0.4, 0.5) is 21.2 Å². The van der Waals surface area contributed by atoms with Crippen LogP contribution in [0.1, 0.15) is 35.8 Å². The summed E-state index contributed by atoms with van der Waals surface area (Å²) in [5.41, 5.74) is 3.01. The fourth-order valence-electron chi connectivity index (χ4n) is 5.64. The van der Waals surface area contributed by atoms with Crippen molar-refractivity contribution in [2.24, 2.45) is 4.99 Å². The Morgan fingerprint density at radius 1 is 0.949 bits per heavy atom. The second kappa shape index (κ2) is 10.5. The van der Waals surface area contributed by atoms with Crippen LogP contribution in [-0.4, -0.2) is 71.7 Å². The summed E-state index contributed by atoms with van der Waals surface area (Å²) in [7, 11) is 0. The van der Waals surface area contributed by atoms with Crippen LogP contribution in [0.5, 0.6) is 0 Å². The zero-order valence-electron chi connectivity index (χ0n) is 22.4. The van der Waals surface area contributed by atoms with Crippen LogP contribution in [0, 0.1) is 6.92 Å². The molecule has 3 aliphatic rings. The number of fused-ring (bicyclic) bond motifs is 2. The molecular formula is C30H34N6O2S. The number of hydrogen-bond donors (Lipinski definition) is 2. The number of hydrogen-bond acceptors (Lipinski definition) is 7. The number of nitrogens with one attached hydrogen (secondary N) is 2. The van der Waals surface area contributed by atoms with Gasteiger partial charge < -0.3 is 15.5 Å². The van der Waals surface area contributed by atoms with Gasteiger partial charge in [-0.05, 0) is 57.0 Å². The van der Waals surface area contributed by atoms with Gasteiger partial charge in [0.1, 0.15) is 16.4 Å². The number of thiophene rings is 1. The highest BCUT2D eigenvalue weighted by Gasteiger charge is 2.48. The summed E-state index contributed by atoms with van der Waals surface area (Å²) in [6, 6.07) is 19.6. The van der Waals surface area contributed by atoms with E-state index in [1.807, 2.05) is 42.5 Å². The standard InChI is InChI=1S/C30H34N6O2S/c1-21-20-23-26(31-24-12-6-7-13-25(24)32-27(23)39-21)35-18-16-34(17-19-35)14-8-9-15-36-28(37)30(2,33-29(36)38)22-10-4-3-5-11-22/h3-7,10-13,20,32H,8-9,14-19H2,1-2H3,(H,33,38). The minimum absolute atomic E-state index is 0.171. The predicted molar refractivity (Wildman–Crippen MR) is 156 cm³/mol. The summed E-state index contributed by atoms with van der Waals surface area (Å²) in [5, 5.41) is 7.64. The van der Waals surface area contributed by atoms with E-state index in [0.29, 0.717) is 6.54 Å². The Bertz CT molecular complexity index is 1410. The van der Waals surface area contributed by atoms with E-state index in [-0.39, 0.29) is 11.9 Å². The fraction of sp³-hybridized carbons (Fsp3) is 0.367. The molecule has 6 rings (SSSR count). The van der Waals surface area contributed by atoms with Gasteiger partial charge in [-0.3, -0.25) is 14.6 Å². The molecule has 1 unspecified atom stereocenters. The van der Waals surface area contributed by atoms with Gasteiger partial charge in [-0.1, -0.05) is 42.5 Å². The average Bonchev–Trinajstić information content (AvgIpc) is 3.36. The first-order valence-electron chi connectivity index (χ1n) is 13.6. The third-order valence-corrected chi connectivity index (χ3v) is 8.84. The number of aryl methyl sites for hydroxylation is 1. The average molecular weight is 543 g/mol. The number of carbonyl (C=O) groups excluding carboxylic acids is 2. The van der Waals surface area contributed by atoms with Gasteiger partial charge in [-0.15, -0.1) is 11.3 Å². The van der Waals surface area contributed by atoms with E-state index in [4.69, 9.17) is 4.99 Å². The first kappa shape index (κ1) is 25.6. The van der Waals surface area contributed by atoms with E-state index >= 15 is 0 Å². The van der Waals surface area contributed by atoms with Gasteiger partial charge in [0.15, 0.2) is 0 Å². The maximum Gasteiger partial charge on any atom is 0.325 e. The second-order valence-corrected chi connectivity index (χ2v) is 11.8. The Kier molecular flexibility index (Phi) is 6.86. The van der Waals surface area contributed by atoms with Crippen LogP contribution in [0.3, 0.4) is 0 Å². The molecule has 0 aliphatic carbocycles. The molecule has 1 aromatic heterocycles. The van der Waals surface area contributed by atoms with Crippen molar-refractivity contribution in [1.82, 2.24) is 20.0 Å². The van der Waals surface area contributed by atoms with Crippen molar-refractivity contribution >= 4 is 45.5 Å². The highest BCUT2D eigenvalue weighted by Crippen LogP contribution is 2.39. The molecule has 0 saturated carbocycles. The van der Waals surface area contributed by atoms with Crippen molar-refractivity contribution in [3.8, 4) is 0 Å². The molecule has 3 aromatic rings. The van der Waals surface area contributed by atoms with Gasteiger partial charge in [0.25, 0.3) is 5.91 Å². The Labute approximate surface area is 233 Å². The molecule has 3 aliphatic heterocycles. The summed E-state index contributed by atoms with van der Waals surface area (Å²) in [6.45, 7) is 9.07. The van der Waals surface area contributed by atoms with Gasteiger partial charge in [0, 0.05) is 37.6 Å². The lowest BCUT2D eigenvalue weighted by Gasteiger charge is -2.36. The molecular weight excluding hydrogens is 508 g/mol. The number of piperazine rings is 1. The Morgan fingerprint density at radius 3 is 2.46 bits per heavy atom. The third-order valence-electron chi connectivity index (χ3n) is 7.88. The minimum atomic E-state index is -0.994.